The zero-order valence-corrected chi connectivity index (χ0v) is 16.8. The second-order valence-electron chi connectivity index (χ2n) is 6.70. The van der Waals surface area contributed by atoms with Gasteiger partial charge in [0.05, 0.1) is 5.75 Å². The molecule has 3 rings (SSSR count). The second kappa shape index (κ2) is 8.44. The minimum absolute atomic E-state index is 0.0153. The van der Waals surface area contributed by atoms with Crippen LogP contribution in [0, 0.1) is 13.8 Å². The van der Waals surface area contributed by atoms with Crippen molar-refractivity contribution >= 4 is 40.1 Å². The third-order valence-electron chi connectivity index (χ3n) is 4.51. The van der Waals surface area contributed by atoms with E-state index in [0.717, 1.165) is 22.1 Å². The van der Waals surface area contributed by atoms with Gasteiger partial charge < -0.3 is 9.73 Å². The highest BCUT2D eigenvalue weighted by Gasteiger charge is 2.10. The van der Waals surface area contributed by atoms with Crippen molar-refractivity contribution in [2.75, 3.05) is 11.1 Å². The maximum absolute atomic E-state index is 12.2. The van der Waals surface area contributed by atoms with Crippen molar-refractivity contribution < 1.29 is 14.0 Å². The Morgan fingerprint density at radius 1 is 1.04 bits per heavy atom. The maximum Gasteiger partial charge on any atom is 0.336 e. The van der Waals surface area contributed by atoms with Crippen molar-refractivity contribution in [2.45, 2.75) is 26.5 Å². The van der Waals surface area contributed by atoms with E-state index in [4.69, 9.17) is 4.42 Å². The summed E-state index contributed by atoms with van der Waals surface area (Å²) in [6.45, 7) is 5.49. The first-order valence-electron chi connectivity index (χ1n) is 8.86. The van der Waals surface area contributed by atoms with E-state index >= 15 is 0 Å². The third-order valence-corrected chi connectivity index (χ3v) is 5.49. The van der Waals surface area contributed by atoms with E-state index in [1.54, 1.807) is 24.3 Å². The Bertz CT molecular complexity index is 1100. The molecule has 0 unspecified atom stereocenters. The van der Waals surface area contributed by atoms with Gasteiger partial charge in [0.15, 0.2) is 5.78 Å². The molecule has 0 atom stereocenters. The van der Waals surface area contributed by atoms with Crippen LogP contribution >= 0.6 is 11.8 Å². The lowest BCUT2D eigenvalue weighted by molar-refractivity contribution is -0.113. The van der Waals surface area contributed by atoms with E-state index in [-0.39, 0.29) is 23.1 Å². The van der Waals surface area contributed by atoms with Gasteiger partial charge >= 0.3 is 5.63 Å². The molecule has 0 bridgehead atoms. The van der Waals surface area contributed by atoms with Crippen LogP contribution in [0.15, 0.2) is 51.7 Å². The van der Waals surface area contributed by atoms with Gasteiger partial charge in [0.2, 0.25) is 5.91 Å². The molecule has 1 amide bonds. The Balaban J connectivity index is 1.64. The summed E-state index contributed by atoms with van der Waals surface area (Å²) in [6.07, 6.45) is 0. The van der Waals surface area contributed by atoms with Gasteiger partial charge in [-0.2, -0.15) is 0 Å². The number of hydrogen-bond donors (Lipinski definition) is 1. The highest BCUT2D eigenvalue weighted by Crippen LogP contribution is 2.24. The van der Waals surface area contributed by atoms with Crippen molar-refractivity contribution in [3.63, 3.8) is 0 Å². The van der Waals surface area contributed by atoms with Crippen LogP contribution in [0.5, 0.6) is 0 Å². The number of nitrogens with one attached hydrogen (secondary N) is 1. The number of carbonyl (C=O) groups is 2. The van der Waals surface area contributed by atoms with Crippen LogP contribution < -0.4 is 10.9 Å². The summed E-state index contributed by atoms with van der Waals surface area (Å²) < 4.78 is 5.30. The van der Waals surface area contributed by atoms with Gasteiger partial charge in [0.25, 0.3) is 0 Å². The van der Waals surface area contributed by atoms with E-state index in [0.29, 0.717) is 22.6 Å². The average molecular weight is 395 g/mol. The Kier molecular flexibility index (Phi) is 5.99. The van der Waals surface area contributed by atoms with E-state index in [1.165, 1.54) is 24.8 Å². The predicted octanol–water partition coefficient (Wildman–Crippen LogP) is 4.48. The summed E-state index contributed by atoms with van der Waals surface area (Å²) in [5, 5.41) is 3.71. The van der Waals surface area contributed by atoms with E-state index in [2.05, 4.69) is 5.32 Å². The van der Waals surface area contributed by atoms with Gasteiger partial charge in [-0.15, -0.1) is 11.8 Å². The van der Waals surface area contributed by atoms with Gasteiger partial charge in [-0.3, -0.25) is 9.59 Å². The predicted molar refractivity (Wildman–Crippen MR) is 113 cm³/mol. The lowest BCUT2D eigenvalue weighted by atomic mass is 10.0. The van der Waals surface area contributed by atoms with E-state index in [1.807, 2.05) is 26.0 Å². The van der Waals surface area contributed by atoms with Crippen LogP contribution in [0.3, 0.4) is 0 Å². The molecule has 0 saturated carbocycles. The fourth-order valence-corrected chi connectivity index (χ4v) is 3.66. The summed E-state index contributed by atoms with van der Waals surface area (Å²) in [4.78, 5) is 35.3. The Labute approximate surface area is 167 Å². The maximum atomic E-state index is 12.2. The van der Waals surface area contributed by atoms with Crippen LogP contribution in [0.2, 0.25) is 0 Å². The highest BCUT2D eigenvalue weighted by atomic mass is 32.2. The molecular formula is C22H21NO4S. The summed E-state index contributed by atoms with van der Waals surface area (Å²) in [5.74, 6) is 0.626. The monoisotopic (exact) mass is 395 g/mol. The summed E-state index contributed by atoms with van der Waals surface area (Å²) in [5.41, 5.74) is 4.48. The average Bonchev–Trinajstić information content (AvgIpc) is 2.63. The molecule has 3 aromatic rings. The number of amides is 1. The van der Waals surface area contributed by atoms with Crippen molar-refractivity contribution in [1.82, 2.24) is 0 Å². The van der Waals surface area contributed by atoms with Gasteiger partial charge in [-0.05, 0) is 73.9 Å². The fraction of sp³-hybridized carbons (Fsp3) is 0.227. The SMILES string of the molecule is CC(=O)c1ccc(NC(=O)CSCc2cc(=O)oc3cc(C)c(C)cc23)cc1. The molecule has 0 spiro atoms. The lowest BCUT2D eigenvalue weighted by Crippen LogP contribution is -2.14. The second-order valence-corrected chi connectivity index (χ2v) is 7.68. The van der Waals surface area contributed by atoms with Crippen LogP contribution in [0.25, 0.3) is 11.0 Å². The van der Waals surface area contributed by atoms with Gasteiger partial charge in [-0.25, -0.2) is 4.79 Å². The number of ketones is 1. The first kappa shape index (κ1) is 19.9. The molecule has 0 aliphatic heterocycles. The van der Waals surface area contributed by atoms with Crippen LogP contribution in [-0.4, -0.2) is 17.4 Å². The standard InChI is InChI=1S/C22H21NO4S/c1-13-8-19-17(10-22(26)27-20(19)9-14(13)2)11-28-12-21(25)23-18-6-4-16(5-7-18)15(3)24/h4-10H,11-12H2,1-3H3,(H,23,25). The molecule has 28 heavy (non-hydrogen) atoms. The molecule has 5 nitrogen and oxygen atoms in total. The first-order valence-corrected chi connectivity index (χ1v) is 10.0. The van der Waals surface area contributed by atoms with E-state index in [9.17, 15) is 14.4 Å². The number of Topliss-reactive ketones (excluding diaryl/α,β-unsaturated/α-hetero) is 1. The number of carbonyl (C=O) groups excluding carboxylic acids is 2. The van der Waals surface area contributed by atoms with Crippen molar-refractivity contribution in [3.8, 4) is 0 Å². The minimum atomic E-state index is -0.388. The number of thioether (sulfide) groups is 1. The van der Waals surface area contributed by atoms with Gasteiger partial charge in [-0.1, -0.05) is 0 Å². The Hall–Kier alpha value is -2.86. The molecule has 0 saturated heterocycles. The summed E-state index contributed by atoms with van der Waals surface area (Å²) >= 11 is 1.43. The number of rotatable bonds is 6. The van der Waals surface area contributed by atoms with Crippen LogP contribution in [0.4, 0.5) is 5.69 Å². The van der Waals surface area contributed by atoms with Crippen LogP contribution in [-0.2, 0) is 10.5 Å². The topological polar surface area (TPSA) is 76.4 Å². The largest absolute Gasteiger partial charge is 0.423 e. The molecule has 144 valence electrons. The van der Waals surface area contributed by atoms with Crippen molar-refractivity contribution in [2.24, 2.45) is 0 Å². The molecule has 1 aromatic heterocycles. The number of hydrogen-bond acceptors (Lipinski definition) is 5. The number of anilines is 1. The molecular weight excluding hydrogens is 374 g/mol. The van der Waals surface area contributed by atoms with Gasteiger partial charge in [0, 0.05) is 28.5 Å². The molecule has 0 fully saturated rings. The van der Waals surface area contributed by atoms with Crippen molar-refractivity contribution in [3.05, 3.63) is 75.1 Å². The lowest BCUT2D eigenvalue weighted by Gasteiger charge is -2.09. The van der Waals surface area contributed by atoms with Crippen LogP contribution in [0.1, 0.15) is 34.0 Å². The molecule has 2 aromatic carbocycles. The smallest absolute Gasteiger partial charge is 0.336 e. The zero-order valence-electron chi connectivity index (χ0n) is 16.0. The molecule has 0 aliphatic rings. The molecule has 6 heteroatoms. The summed E-state index contributed by atoms with van der Waals surface area (Å²) in [6, 6.07) is 12.2. The highest BCUT2D eigenvalue weighted by molar-refractivity contribution is 7.99. The molecule has 0 aliphatic carbocycles. The molecule has 1 heterocycles. The van der Waals surface area contributed by atoms with Gasteiger partial charge in [0.1, 0.15) is 5.58 Å². The fourth-order valence-electron chi connectivity index (χ4n) is 2.84. The Morgan fingerprint density at radius 3 is 2.39 bits per heavy atom. The molecule has 0 radical (unpaired) electrons. The normalized spacial score (nSPS) is 10.8. The molecule has 1 N–H and O–H groups in total. The van der Waals surface area contributed by atoms with Crippen molar-refractivity contribution in [1.29, 1.82) is 0 Å². The number of fused-ring (bicyclic) bond motifs is 1. The number of benzene rings is 2. The zero-order chi connectivity index (χ0) is 20.3. The Morgan fingerprint density at radius 2 is 1.71 bits per heavy atom. The number of aryl methyl sites for hydroxylation is 2. The minimum Gasteiger partial charge on any atom is -0.423 e. The quantitative estimate of drug-likeness (QED) is 0.492. The summed E-state index contributed by atoms with van der Waals surface area (Å²) in [7, 11) is 0. The van der Waals surface area contributed by atoms with E-state index < -0.39 is 0 Å². The first-order chi connectivity index (χ1) is 13.3. The third kappa shape index (κ3) is 4.70.